The standard InChI is InChI=1S/C58H117N3O5/c1-5-9-13-17-21-25-29-33-45-59(46-34-30-26-22-18-14-10-6-2)49-37-39-55-65-57(63)43-41-51-61(53-54-62)52-42-44-58(64)66-56-40-38-50-60(47-35-31-27-23-19-15-11-7-3)48-36-32-28-24-20-16-12-8-4/h62H,5-56H2,1-4H3. The van der Waals surface area contributed by atoms with Gasteiger partial charge in [-0.15, -0.1) is 0 Å². The number of rotatable bonds is 56. The van der Waals surface area contributed by atoms with E-state index < -0.39 is 0 Å². The minimum absolute atomic E-state index is 0.0686. The van der Waals surface area contributed by atoms with Gasteiger partial charge in [0.05, 0.1) is 19.8 Å². The van der Waals surface area contributed by atoms with Crippen LogP contribution in [0.5, 0.6) is 0 Å². The number of carbonyl (C=O) groups excluding carboxylic acids is 2. The van der Waals surface area contributed by atoms with Gasteiger partial charge >= 0.3 is 11.9 Å². The molecule has 0 fully saturated rings. The van der Waals surface area contributed by atoms with Gasteiger partial charge < -0.3 is 29.3 Å². The number of hydrogen-bond acceptors (Lipinski definition) is 8. The predicted octanol–water partition coefficient (Wildman–Crippen LogP) is 15.7. The number of unbranched alkanes of at least 4 members (excludes halogenated alkanes) is 30. The normalized spacial score (nSPS) is 11.8. The molecule has 1 N–H and O–H groups in total. The Morgan fingerprint density at radius 2 is 0.500 bits per heavy atom. The molecule has 0 saturated carbocycles. The molecule has 0 spiro atoms. The van der Waals surface area contributed by atoms with E-state index in [1.54, 1.807) is 0 Å². The first-order valence-corrected chi connectivity index (χ1v) is 29.6. The Morgan fingerprint density at radius 3 is 0.758 bits per heavy atom. The largest absolute Gasteiger partial charge is 0.466 e. The fraction of sp³-hybridized carbons (Fsp3) is 0.966. The summed E-state index contributed by atoms with van der Waals surface area (Å²) in [5.41, 5.74) is 0. The van der Waals surface area contributed by atoms with Gasteiger partial charge in [-0.3, -0.25) is 9.59 Å². The minimum Gasteiger partial charge on any atom is -0.466 e. The van der Waals surface area contributed by atoms with Crippen molar-refractivity contribution in [2.45, 2.75) is 285 Å². The number of esters is 2. The van der Waals surface area contributed by atoms with E-state index in [0.29, 0.717) is 58.5 Å². The third-order valence-electron chi connectivity index (χ3n) is 13.7. The Bertz CT molecular complexity index is 857. The predicted molar refractivity (Wildman–Crippen MR) is 286 cm³/mol. The topological polar surface area (TPSA) is 82.6 Å². The molecule has 0 aliphatic carbocycles. The van der Waals surface area contributed by atoms with Gasteiger partial charge in [0.15, 0.2) is 0 Å². The van der Waals surface area contributed by atoms with Crippen molar-refractivity contribution in [3.8, 4) is 0 Å². The van der Waals surface area contributed by atoms with E-state index >= 15 is 0 Å². The quantitative estimate of drug-likeness (QED) is 0.0477. The Kier molecular flexibility index (Phi) is 53.7. The highest BCUT2D eigenvalue weighted by Crippen LogP contribution is 2.15. The molecule has 8 heteroatoms. The van der Waals surface area contributed by atoms with Crippen LogP contribution in [0.4, 0.5) is 0 Å². The number of nitrogens with zero attached hydrogens (tertiary/aromatic N) is 3. The maximum absolute atomic E-state index is 12.6. The number of aliphatic hydroxyl groups excluding tert-OH is 1. The molecule has 0 aliphatic heterocycles. The number of hydrogen-bond donors (Lipinski definition) is 1. The Morgan fingerprint density at radius 1 is 0.288 bits per heavy atom. The molecule has 0 aromatic carbocycles. The van der Waals surface area contributed by atoms with Gasteiger partial charge in [0.1, 0.15) is 0 Å². The summed E-state index contributed by atoms with van der Waals surface area (Å²) >= 11 is 0. The first-order chi connectivity index (χ1) is 32.5. The van der Waals surface area contributed by atoms with E-state index in [0.717, 1.165) is 38.8 Å². The van der Waals surface area contributed by atoms with Crippen LogP contribution in [0.25, 0.3) is 0 Å². The third-order valence-corrected chi connectivity index (χ3v) is 13.7. The zero-order chi connectivity index (χ0) is 48.1. The lowest BCUT2D eigenvalue weighted by atomic mass is 10.1. The molecule has 0 atom stereocenters. The van der Waals surface area contributed by atoms with Crippen LogP contribution in [-0.2, 0) is 19.1 Å². The highest BCUT2D eigenvalue weighted by molar-refractivity contribution is 5.69. The molecule has 394 valence electrons. The molecule has 0 unspecified atom stereocenters. The van der Waals surface area contributed by atoms with Gasteiger partial charge in [-0.25, -0.2) is 0 Å². The zero-order valence-electron chi connectivity index (χ0n) is 45.2. The van der Waals surface area contributed by atoms with Crippen molar-refractivity contribution in [2.75, 3.05) is 78.7 Å². The molecular formula is C58H117N3O5. The summed E-state index contributed by atoms with van der Waals surface area (Å²) in [5.74, 6) is -0.247. The van der Waals surface area contributed by atoms with Crippen molar-refractivity contribution in [1.82, 2.24) is 14.7 Å². The molecule has 0 radical (unpaired) electrons. The minimum atomic E-state index is -0.123. The molecule has 0 saturated heterocycles. The lowest BCUT2D eigenvalue weighted by molar-refractivity contribution is -0.144. The lowest BCUT2D eigenvalue weighted by Gasteiger charge is -2.22. The molecule has 0 rings (SSSR count). The van der Waals surface area contributed by atoms with Crippen molar-refractivity contribution in [2.24, 2.45) is 0 Å². The summed E-state index contributed by atoms with van der Waals surface area (Å²) in [6.45, 7) is 19.2. The average molecular weight is 937 g/mol. The van der Waals surface area contributed by atoms with Crippen molar-refractivity contribution in [3.63, 3.8) is 0 Å². The van der Waals surface area contributed by atoms with Crippen LogP contribution in [0.1, 0.15) is 285 Å². The zero-order valence-corrected chi connectivity index (χ0v) is 45.2. The van der Waals surface area contributed by atoms with Crippen LogP contribution in [-0.4, -0.2) is 110 Å². The van der Waals surface area contributed by atoms with E-state index in [4.69, 9.17) is 9.47 Å². The number of aliphatic hydroxyl groups is 1. The Hall–Kier alpha value is -1.22. The second kappa shape index (κ2) is 54.7. The van der Waals surface area contributed by atoms with Crippen LogP contribution in [0.2, 0.25) is 0 Å². The van der Waals surface area contributed by atoms with Crippen LogP contribution in [0.15, 0.2) is 0 Å². The van der Waals surface area contributed by atoms with Crippen molar-refractivity contribution >= 4 is 11.9 Å². The van der Waals surface area contributed by atoms with E-state index in [-0.39, 0.29) is 18.5 Å². The molecule has 0 aromatic heterocycles. The average Bonchev–Trinajstić information content (AvgIpc) is 3.31. The Labute approximate surface area is 412 Å². The van der Waals surface area contributed by atoms with Gasteiger partial charge in [-0.2, -0.15) is 0 Å². The van der Waals surface area contributed by atoms with Gasteiger partial charge in [0.2, 0.25) is 0 Å². The summed E-state index contributed by atoms with van der Waals surface area (Å²) in [6.07, 6.45) is 49.7. The molecule has 0 aromatic rings. The van der Waals surface area contributed by atoms with Crippen molar-refractivity contribution in [3.05, 3.63) is 0 Å². The summed E-state index contributed by atoms with van der Waals surface area (Å²) in [7, 11) is 0. The summed E-state index contributed by atoms with van der Waals surface area (Å²) in [4.78, 5) is 32.7. The summed E-state index contributed by atoms with van der Waals surface area (Å²) in [6, 6.07) is 0. The first kappa shape index (κ1) is 64.8. The number of ether oxygens (including phenoxy) is 2. The monoisotopic (exact) mass is 936 g/mol. The van der Waals surface area contributed by atoms with Crippen molar-refractivity contribution in [1.29, 1.82) is 0 Å². The fourth-order valence-corrected chi connectivity index (χ4v) is 9.31. The molecule has 0 bridgehead atoms. The van der Waals surface area contributed by atoms with E-state index in [9.17, 15) is 14.7 Å². The van der Waals surface area contributed by atoms with Gasteiger partial charge in [0, 0.05) is 19.4 Å². The highest BCUT2D eigenvalue weighted by Gasteiger charge is 2.12. The van der Waals surface area contributed by atoms with E-state index in [2.05, 4.69) is 42.4 Å². The molecule has 0 amide bonds. The molecule has 66 heavy (non-hydrogen) atoms. The van der Waals surface area contributed by atoms with Gasteiger partial charge in [0.25, 0.3) is 0 Å². The highest BCUT2D eigenvalue weighted by atomic mass is 16.5. The maximum Gasteiger partial charge on any atom is 0.305 e. The molecule has 0 aliphatic rings. The van der Waals surface area contributed by atoms with Crippen molar-refractivity contribution < 1.29 is 24.2 Å². The summed E-state index contributed by atoms with van der Waals surface area (Å²) in [5, 5.41) is 9.66. The maximum atomic E-state index is 12.6. The first-order valence-electron chi connectivity index (χ1n) is 29.6. The fourth-order valence-electron chi connectivity index (χ4n) is 9.31. The van der Waals surface area contributed by atoms with Gasteiger partial charge in [-0.05, 0) is 117 Å². The van der Waals surface area contributed by atoms with E-state index in [1.807, 2.05) is 0 Å². The second-order valence-corrected chi connectivity index (χ2v) is 20.2. The van der Waals surface area contributed by atoms with Crippen LogP contribution >= 0.6 is 0 Å². The summed E-state index contributed by atoms with van der Waals surface area (Å²) < 4.78 is 11.3. The van der Waals surface area contributed by atoms with Crippen LogP contribution in [0, 0.1) is 0 Å². The lowest BCUT2D eigenvalue weighted by Crippen LogP contribution is -2.30. The third kappa shape index (κ3) is 49.2. The number of carbonyl (C=O) groups is 2. The smallest absolute Gasteiger partial charge is 0.305 e. The SMILES string of the molecule is CCCCCCCCCCN(CCCCCCCCCC)CCCCOC(=O)CCCN(CCO)CCCC(=O)OCCCCN(CCCCCCCCCC)CCCCCCCCCC. The molecular weight excluding hydrogens is 819 g/mol. The van der Waals surface area contributed by atoms with Gasteiger partial charge in [-0.1, -0.05) is 207 Å². The van der Waals surface area contributed by atoms with Crippen LogP contribution < -0.4 is 0 Å². The van der Waals surface area contributed by atoms with Crippen LogP contribution in [0.3, 0.4) is 0 Å². The second-order valence-electron chi connectivity index (χ2n) is 20.2. The molecule has 8 nitrogen and oxygen atoms in total. The molecule has 0 heterocycles. The van der Waals surface area contributed by atoms with E-state index in [1.165, 1.54) is 232 Å². The Balaban J connectivity index is 4.35.